The van der Waals surface area contributed by atoms with Gasteiger partial charge < -0.3 is 14.0 Å². The molecule has 1 N–H and O–H groups in total. The smallest absolute Gasteiger partial charge is 0.272 e. The molecule has 2 aromatic carbocycles. The number of fused-ring (bicyclic) bond motifs is 2. The fourth-order valence-electron chi connectivity index (χ4n) is 4.00. The van der Waals surface area contributed by atoms with Crippen molar-refractivity contribution in [3.05, 3.63) is 69.2 Å². The van der Waals surface area contributed by atoms with E-state index in [1.807, 2.05) is 28.8 Å². The molecule has 0 aliphatic rings. The lowest BCUT2D eigenvalue weighted by Gasteiger charge is -2.14. The van der Waals surface area contributed by atoms with Crippen molar-refractivity contribution in [1.82, 2.24) is 14.8 Å². The van der Waals surface area contributed by atoms with Crippen molar-refractivity contribution < 1.29 is 18.3 Å². The van der Waals surface area contributed by atoms with Gasteiger partial charge in [0.15, 0.2) is 0 Å². The maximum atomic E-state index is 12.7. The lowest BCUT2D eigenvalue weighted by molar-refractivity contribution is 0.0689. The summed E-state index contributed by atoms with van der Waals surface area (Å²) >= 11 is 6.32. The van der Waals surface area contributed by atoms with E-state index in [-0.39, 0.29) is 23.1 Å². The Kier molecular flexibility index (Phi) is 8.03. The average molecular weight is 504 g/mol. The highest BCUT2D eigenvalue weighted by Gasteiger charge is 2.17. The minimum absolute atomic E-state index is 0.192. The van der Waals surface area contributed by atoms with Crippen molar-refractivity contribution in [2.45, 2.75) is 46.3 Å². The van der Waals surface area contributed by atoms with Gasteiger partial charge in [-0.05, 0) is 30.5 Å². The standard InChI is InChI=1S/C26H28ClF2N3O3/c1-3-16(2)8-9-34-15-32-18(12-22-19-6-4-5-7-20(19)26(33)31-30-22)10-17-11-21(27)24(13-23(17)32)35-14-25(28)29/h4-7,10-11,13,16,25H,3,8-9,12,14-15H2,1-2H3,(H,31,33)/t16-/m0/s1. The number of nitrogens with one attached hydrogen (secondary N) is 1. The highest BCUT2D eigenvalue weighted by atomic mass is 35.5. The molecule has 0 fully saturated rings. The Morgan fingerprint density at radius 3 is 2.69 bits per heavy atom. The summed E-state index contributed by atoms with van der Waals surface area (Å²) in [5.41, 5.74) is 2.11. The summed E-state index contributed by atoms with van der Waals surface area (Å²) in [5.74, 6) is 0.748. The van der Waals surface area contributed by atoms with Crippen molar-refractivity contribution in [2.24, 2.45) is 5.92 Å². The second-order valence-electron chi connectivity index (χ2n) is 8.67. The predicted molar refractivity (Wildman–Crippen MR) is 134 cm³/mol. The summed E-state index contributed by atoms with van der Waals surface area (Å²) in [6, 6.07) is 12.7. The van der Waals surface area contributed by atoms with Gasteiger partial charge in [0.1, 0.15) is 19.1 Å². The molecule has 186 valence electrons. The van der Waals surface area contributed by atoms with Crippen LogP contribution in [0.1, 0.15) is 38.1 Å². The van der Waals surface area contributed by atoms with Crippen LogP contribution < -0.4 is 10.3 Å². The van der Waals surface area contributed by atoms with Gasteiger partial charge in [-0.25, -0.2) is 13.9 Å². The van der Waals surface area contributed by atoms with Crippen LogP contribution in [0.15, 0.2) is 47.3 Å². The molecule has 0 saturated heterocycles. The van der Waals surface area contributed by atoms with Gasteiger partial charge in [-0.1, -0.05) is 50.1 Å². The summed E-state index contributed by atoms with van der Waals surface area (Å²) in [6.07, 6.45) is -0.167. The topological polar surface area (TPSA) is 69.1 Å². The molecule has 0 unspecified atom stereocenters. The normalized spacial score (nSPS) is 12.6. The van der Waals surface area contributed by atoms with E-state index in [4.69, 9.17) is 21.1 Å². The quantitative estimate of drug-likeness (QED) is 0.248. The molecule has 4 rings (SSSR count). The third kappa shape index (κ3) is 5.82. The number of hydrogen-bond acceptors (Lipinski definition) is 4. The molecular weight excluding hydrogens is 476 g/mol. The minimum Gasteiger partial charge on any atom is -0.486 e. The summed E-state index contributed by atoms with van der Waals surface area (Å²) in [5, 5.41) is 9.29. The molecule has 0 saturated carbocycles. The van der Waals surface area contributed by atoms with E-state index >= 15 is 0 Å². The number of hydrogen-bond donors (Lipinski definition) is 1. The summed E-state index contributed by atoms with van der Waals surface area (Å²) in [6.45, 7) is 4.45. The van der Waals surface area contributed by atoms with Gasteiger partial charge in [0.2, 0.25) is 0 Å². The SMILES string of the molecule is CC[C@H](C)CCOCn1c(Cc2n[nH]c(=O)c3ccccc23)cc2cc(Cl)c(OCC(F)F)cc21. The molecular formula is C26H28ClF2N3O3. The van der Waals surface area contributed by atoms with Gasteiger partial charge in [-0.15, -0.1) is 0 Å². The molecule has 0 aliphatic heterocycles. The van der Waals surface area contributed by atoms with Crippen LogP contribution in [0, 0.1) is 5.92 Å². The van der Waals surface area contributed by atoms with Gasteiger partial charge >= 0.3 is 0 Å². The number of H-pyrrole nitrogens is 1. The first kappa shape index (κ1) is 25.1. The van der Waals surface area contributed by atoms with E-state index in [0.717, 1.165) is 34.8 Å². The second-order valence-corrected chi connectivity index (χ2v) is 9.08. The van der Waals surface area contributed by atoms with Crippen LogP contribution in [0.5, 0.6) is 5.75 Å². The van der Waals surface area contributed by atoms with Crippen LogP contribution in [-0.2, 0) is 17.9 Å². The first-order chi connectivity index (χ1) is 16.9. The average Bonchev–Trinajstić information content (AvgIpc) is 3.17. The molecule has 4 aromatic rings. The van der Waals surface area contributed by atoms with Crippen LogP contribution in [0.2, 0.25) is 5.02 Å². The molecule has 2 aromatic heterocycles. The molecule has 0 spiro atoms. The van der Waals surface area contributed by atoms with Crippen LogP contribution in [0.25, 0.3) is 21.7 Å². The first-order valence-corrected chi connectivity index (χ1v) is 12.0. The Bertz CT molecular complexity index is 1370. The van der Waals surface area contributed by atoms with E-state index in [0.29, 0.717) is 30.0 Å². The van der Waals surface area contributed by atoms with E-state index in [1.165, 1.54) is 0 Å². The summed E-state index contributed by atoms with van der Waals surface area (Å²) in [4.78, 5) is 12.2. The number of halogens is 3. The van der Waals surface area contributed by atoms with Gasteiger partial charge in [-0.3, -0.25) is 4.79 Å². The van der Waals surface area contributed by atoms with Crippen LogP contribution >= 0.6 is 11.6 Å². The monoisotopic (exact) mass is 503 g/mol. The Labute approximate surface area is 206 Å². The molecule has 0 bridgehead atoms. The fraction of sp³-hybridized carbons (Fsp3) is 0.385. The molecule has 35 heavy (non-hydrogen) atoms. The van der Waals surface area contributed by atoms with E-state index < -0.39 is 13.0 Å². The Balaban J connectivity index is 1.72. The van der Waals surface area contributed by atoms with Crippen LogP contribution in [0.4, 0.5) is 8.78 Å². The highest BCUT2D eigenvalue weighted by Crippen LogP contribution is 2.33. The van der Waals surface area contributed by atoms with E-state index in [9.17, 15) is 13.6 Å². The molecule has 0 radical (unpaired) electrons. The maximum Gasteiger partial charge on any atom is 0.272 e. The number of aromatic nitrogens is 3. The number of ether oxygens (including phenoxy) is 2. The van der Waals surface area contributed by atoms with Crippen molar-refractivity contribution >= 4 is 33.3 Å². The van der Waals surface area contributed by atoms with Gasteiger partial charge in [0.25, 0.3) is 12.0 Å². The number of aromatic amines is 1. The maximum absolute atomic E-state index is 12.7. The van der Waals surface area contributed by atoms with Crippen molar-refractivity contribution in [3.8, 4) is 5.75 Å². The number of benzene rings is 2. The highest BCUT2D eigenvalue weighted by molar-refractivity contribution is 6.32. The van der Waals surface area contributed by atoms with E-state index in [1.54, 1.807) is 18.2 Å². The van der Waals surface area contributed by atoms with Gasteiger partial charge in [0, 0.05) is 35.6 Å². The zero-order valence-corrected chi connectivity index (χ0v) is 20.4. The molecule has 2 heterocycles. The third-order valence-electron chi connectivity index (χ3n) is 6.20. The molecule has 0 amide bonds. The molecule has 9 heteroatoms. The van der Waals surface area contributed by atoms with Crippen molar-refractivity contribution in [1.29, 1.82) is 0 Å². The summed E-state index contributed by atoms with van der Waals surface area (Å²) < 4.78 is 38.7. The fourth-order valence-corrected chi connectivity index (χ4v) is 4.23. The Hall–Kier alpha value is -2.97. The zero-order chi connectivity index (χ0) is 24.9. The van der Waals surface area contributed by atoms with Crippen molar-refractivity contribution in [3.63, 3.8) is 0 Å². The van der Waals surface area contributed by atoms with Crippen molar-refractivity contribution in [2.75, 3.05) is 13.2 Å². The number of nitrogens with zero attached hydrogens (tertiary/aromatic N) is 2. The van der Waals surface area contributed by atoms with Crippen LogP contribution in [-0.4, -0.2) is 34.4 Å². The number of alkyl halides is 2. The van der Waals surface area contributed by atoms with E-state index in [2.05, 4.69) is 24.0 Å². The molecule has 0 aliphatic carbocycles. The molecule has 1 atom stereocenters. The largest absolute Gasteiger partial charge is 0.486 e. The zero-order valence-electron chi connectivity index (χ0n) is 19.7. The van der Waals surface area contributed by atoms with Gasteiger partial charge in [0.05, 0.1) is 21.6 Å². The lowest BCUT2D eigenvalue weighted by Crippen LogP contribution is -2.13. The second kappa shape index (κ2) is 11.2. The molecule has 6 nitrogen and oxygen atoms in total. The Morgan fingerprint density at radius 1 is 1.17 bits per heavy atom. The van der Waals surface area contributed by atoms with Crippen LogP contribution in [0.3, 0.4) is 0 Å². The predicted octanol–water partition coefficient (Wildman–Crippen LogP) is 6.18. The Morgan fingerprint density at radius 2 is 1.94 bits per heavy atom. The lowest BCUT2D eigenvalue weighted by atomic mass is 10.1. The minimum atomic E-state index is -2.60. The summed E-state index contributed by atoms with van der Waals surface area (Å²) in [7, 11) is 0. The van der Waals surface area contributed by atoms with Gasteiger partial charge in [-0.2, -0.15) is 5.10 Å². The number of rotatable bonds is 11. The first-order valence-electron chi connectivity index (χ1n) is 11.6. The third-order valence-corrected chi connectivity index (χ3v) is 6.50.